The zero-order valence-electron chi connectivity index (χ0n) is 17.0. The van der Waals surface area contributed by atoms with Gasteiger partial charge in [0.1, 0.15) is 11.6 Å². The highest BCUT2D eigenvalue weighted by Crippen LogP contribution is 2.34. The average molecular weight is 412 g/mol. The van der Waals surface area contributed by atoms with Crippen LogP contribution in [0, 0.1) is 11.6 Å². The Labute approximate surface area is 175 Å². The summed E-state index contributed by atoms with van der Waals surface area (Å²) >= 11 is 0. The predicted octanol–water partition coefficient (Wildman–Crippen LogP) is 4.29. The van der Waals surface area contributed by atoms with E-state index in [4.69, 9.17) is 0 Å². The molecule has 4 rings (SSSR count). The maximum atomic E-state index is 14.8. The molecule has 1 saturated heterocycles. The number of unbranched alkanes of at least 4 members (excludes halogenated alkanes) is 1. The molecule has 0 unspecified atom stereocenters. The lowest BCUT2D eigenvalue weighted by atomic mass is 10.1. The standard InChI is InChI=1S/C23H26F2N4O/c1-2-3-9-28-10-12-29(13-11-28)21-8-7-16(14-19(21)25)26-15-17-22-18(24)5-4-6-20(22)27-23(17)30/h4-8,14-15,26H,2-3,9-13H2,1H3,(H,27,30)/b17-15+. The molecule has 2 aliphatic heterocycles. The number of anilines is 3. The Hall–Kier alpha value is -2.93. The molecule has 30 heavy (non-hydrogen) atoms. The smallest absolute Gasteiger partial charge is 0.257 e. The van der Waals surface area contributed by atoms with Crippen LogP contribution in [0.2, 0.25) is 0 Å². The van der Waals surface area contributed by atoms with Gasteiger partial charge in [-0.2, -0.15) is 0 Å². The van der Waals surface area contributed by atoms with Crippen molar-refractivity contribution >= 4 is 28.5 Å². The summed E-state index contributed by atoms with van der Waals surface area (Å²) in [6, 6.07) is 9.43. The number of piperazine rings is 1. The molecule has 0 radical (unpaired) electrons. The van der Waals surface area contributed by atoms with Crippen molar-refractivity contribution in [1.82, 2.24) is 4.90 Å². The van der Waals surface area contributed by atoms with Crippen LogP contribution in [0.1, 0.15) is 25.3 Å². The molecule has 2 aliphatic rings. The second-order valence-electron chi connectivity index (χ2n) is 7.67. The number of nitrogens with zero attached hydrogens (tertiary/aromatic N) is 2. The van der Waals surface area contributed by atoms with E-state index in [1.807, 2.05) is 0 Å². The molecule has 2 aromatic carbocycles. The third kappa shape index (κ3) is 4.16. The van der Waals surface area contributed by atoms with Crippen LogP contribution in [-0.4, -0.2) is 43.5 Å². The van der Waals surface area contributed by atoms with E-state index in [1.54, 1.807) is 24.3 Å². The van der Waals surface area contributed by atoms with E-state index in [1.165, 1.54) is 31.2 Å². The molecule has 2 heterocycles. The maximum Gasteiger partial charge on any atom is 0.257 e. The van der Waals surface area contributed by atoms with Gasteiger partial charge in [0.25, 0.3) is 5.91 Å². The number of rotatable bonds is 6. The van der Waals surface area contributed by atoms with Crippen LogP contribution in [0.4, 0.5) is 25.8 Å². The van der Waals surface area contributed by atoms with Gasteiger partial charge in [-0.3, -0.25) is 9.69 Å². The third-order valence-electron chi connectivity index (χ3n) is 5.65. The zero-order chi connectivity index (χ0) is 21.1. The summed E-state index contributed by atoms with van der Waals surface area (Å²) in [6.07, 6.45) is 3.79. The molecule has 5 nitrogen and oxygen atoms in total. The van der Waals surface area contributed by atoms with Crippen molar-refractivity contribution in [3.05, 3.63) is 59.8 Å². The van der Waals surface area contributed by atoms with Crippen molar-refractivity contribution in [2.45, 2.75) is 19.8 Å². The highest BCUT2D eigenvalue weighted by Gasteiger charge is 2.27. The summed E-state index contributed by atoms with van der Waals surface area (Å²) in [4.78, 5) is 16.6. The van der Waals surface area contributed by atoms with Crippen molar-refractivity contribution in [3.8, 4) is 0 Å². The van der Waals surface area contributed by atoms with Crippen LogP contribution in [0.3, 0.4) is 0 Å². The first kappa shape index (κ1) is 20.3. The van der Waals surface area contributed by atoms with E-state index in [0.717, 1.165) is 32.7 Å². The molecule has 0 aromatic heterocycles. The highest BCUT2D eigenvalue weighted by molar-refractivity contribution is 6.31. The molecule has 0 bridgehead atoms. The summed E-state index contributed by atoms with van der Waals surface area (Å²) in [7, 11) is 0. The Kier molecular flexibility index (Phi) is 5.99. The Bertz CT molecular complexity index is 968. The van der Waals surface area contributed by atoms with E-state index in [9.17, 15) is 13.6 Å². The van der Waals surface area contributed by atoms with Gasteiger partial charge in [-0.15, -0.1) is 0 Å². The number of hydrogen-bond acceptors (Lipinski definition) is 4. The Morgan fingerprint density at radius 3 is 2.63 bits per heavy atom. The molecular weight excluding hydrogens is 386 g/mol. The van der Waals surface area contributed by atoms with Crippen molar-refractivity contribution < 1.29 is 13.6 Å². The molecule has 0 aliphatic carbocycles. The summed E-state index contributed by atoms with van der Waals surface area (Å²) in [6.45, 7) is 6.76. The SMILES string of the molecule is CCCCN1CCN(c2ccc(N/C=C3/C(=O)Nc4cccc(F)c43)cc2F)CC1. The van der Waals surface area contributed by atoms with Gasteiger partial charge in [-0.1, -0.05) is 19.4 Å². The van der Waals surface area contributed by atoms with E-state index < -0.39 is 5.82 Å². The van der Waals surface area contributed by atoms with Crippen LogP contribution in [0.25, 0.3) is 5.57 Å². The Morgan fingerprint density at radius 1 is 1.10 bits per heavy atom. The van der Waals surface area contributed by atoms with Gasteiger partial charge in [0.05, 0.1) is 16.9 Å². The van der Waals surface area contributed by atoms with E-state index in [0.29, 0.717) is 17.1 Å². The lowest BCUT2D eigenvalue weighted by Gasteiger charge is -2.36. The number of benzene rings is 2. The highest BCUT2D eigenvalue weighted by atomic mass is 19.1. The van der Waals surface area contributed by atoms with Crippen molar-refractivity contribution in [1.29, 1.82) is 0 Å². The summed E-state index contributed by atoms with van der Waals surface area (Å²) < 4.78 is 28.9. The van der Waals surface area contributed by atoms with E-state index in [2.05, 4.69) is 27.4 Å². The first-order valence-corrected chi connectivity index (χ1v) is 10.4. The van der Waals surface area contributed by atoms with Crippen LogP contribution in [0.5, 0.6) is 0 Å². The molecule has 0 atom stereocenters. The number of amides is 1. The number of fused-ring (bicyclic) bond motifs is 1. The van der Waals surface area contributed by atoms with Crippen molar-refractivity contribution in [2.24, 2.45) is 0 Å². The number of halogens is 2. The lowest BCUT2D eigenvalue weighted by molar-refractivity contribution is -0.110. The van der Waals surface area contributed by atoms with Crippen molar-refractivity contribution in [2.75, 3.05) is 48.3 Å². The summed E-state index contributed by atoms with van der Waals surface area (Å²) in [5.41, 5.74) is 1.94. The molecule has 0 spiro atoms. The minimum Gasteiger partial charge on any atom is -0.367 e. The molecule has 2 aromatic rings. The number of hydrogen-bond donors (Lipinski definition) is 2. The van der Waals surface area contributed by atoms with Gasteiger partial charge in [0, 0.05) is 43.6 Å². The second kappa shape index (κ2) is 8.83. The molecule has 1 fully saturated rings. The molecule has 0 saturated carbocycles. The fourth-order valence-electron chi connectivity index (χ4n) is 3.95. The number of carbonyl (C=O) groups is 1. The van der Waals surface area contributed by atoms with Gasteiger partial charge in [0.2, 0.25) is 0 Å². The number of nitrogens with one attached hydrogen (secondary N) is 2. The Balaban J connectivity index is 1.44. The predicted molar refractivity (Wildman–Crippen MR) is 117 cm³/mol. The zero-order valence-corrected chi connectivity index (χ0v) is 17.0. The topological polar surface area (TPSA) is 47.6 Å². The minimum atomic E-state index is -0.474. The molecule has 1 amide bonds. The number of carbonyl (C=O) groups excluding carboxylic acids is 1. The fourth-order valence-corrected chi connectivity index (χ4v) is 3.95. The van der Waals surface area contributed by atoms with Gasteiger partial charge in [-0.05, 0) is 43.3 Å². The first-order valence-electron chi connectivity index (χ1n) is 10.4. The van der Waals surface area contributed by atoms with Gasteiger partial charge in [0.15, 0.2) is 0 Å². The quantitative estimate of drug-likeness (QED) is 0.695. The lowest BCUT2D eigenvalue weighted by Crippen LogP contribution is -2.46. The van der Waals surface area contributed by atoms with Gasteiger partial charge in [-0.25, -0.2) is 8.78 Å². The fraction of sp³-hybridized carbons (Fsp3) is 0.348. The largest absolute Gasteiger partial charge is 0.367 e. The monoisotopic (exact) mass is 412 g/mol. The van der Waals surface area contributed by atoms with E-state index in [-0.39, 0.29) is 22.9 Å². The summed E-state index contributed by atoms with van der Waals surface area (Å²) in [5, 5.41) is 5.56. The van der Waals surface area contributed by atoms with Crippen LogP contribution in [-0.2, 0) is 4.79 Å². The van der Waals surface area contributed by atoms with Gasteiger partial charge < -0.3 is 15.5 Å². The van der Waals surface area contributed by atoms with Crippen LogP contribution >= 0.6 is 0 Å². The Morgan fingerprint density at radius 2 is 1.90 bits per heavy atom. The second-order valence-corrected chi connectivity index (χ2v) is 7.67. The normalized spacial score (nSPS) is 17.9. The van der Waals surface area contributed by atoms with Crippen LogP contribution < -0.4 is 15.5 Å². The third-order valence-corrected chi connectivity index (χ3v) is 5.65. The molecular formula is C23H26F2N4O. The molecule has 158 valence electrons. The van der Waals surface area contributed by atoms with E-state index >= 15 is 0 Å². The van der Waals surface area contributed by atoms with Gasteiger partial charge >= 0.3 is 0 Å². The minimum absolute atomic E-state index is 0.191. The molecule has 2 N–H and O–H groups in total. The summed E-state index contributed by atoms with van der Waals surface area (Å²) in [5.74, 6) is -1.18. The molecule has 7 heteroatoms. The first-order chi connectivity index (χ1) is 14.6. The maximum absolute atomic E-state index is 14.8. The van der Waals surface area contributed by atoms with Crippen molar-refractivity contribution in [3.63, 3.8) is 0 Å². The van der Waals surface area contributed by atoms with Crippen LogP contribution in [0.15, 0.2) is 42.6 Å². The average Bonchev–Trinajstić information content (AvgIpc) is 3.07.